The molecule has 1 aliphatic rings. The summed E-state index contributed by atoms with van der Waals surface area (Å²) in [7, 11) is 3.48. The van der Waals surface area contributed by atoms with Crippen molar-refractivity contribution in [1.82, 2.24) is 0 Å². The van der Waals surface area contributed by atoms with Crippen molar-refractivity contribution in [2.24, 2.45) is 0 Å². The zero-order chi connectivity index (χ0) is 14.0. The zero-order valence-corrected chi connectivity index (χ0v) is 12.7. The van der Waals surface area contributed by atoms with Crippen molar-refractivity contribution in [3.8, 4) is 5.75 Å². The van der Waals surface area contributed by atoms with Crippen molar-refractivity contribution in [2.75, 3.05) is 32.3 Å². The van der Waals surface area contributed by atoms with Gasteiger partial charge < -0.3 is 14.4 Å². The molecule has 0 aromatic heterocycles. The van der Waals surface area contributed by atoms with Crippen molar-refractivity contribution in [1.29, 1.82) is 0 Å². The Morgan fingerprint density at radius 3 is 2.68 bits per heavy atom. The van der Waals surface area contributed by atoms with Crippen molar-refractivity contribution in [2.45, 2.75) is 38.6 Å². The number of hydrogen-bond acceptors (Lipinski definition) is 3. The highest BCUT2D eigenvalue weighted by atomic mass is 16.5. The van der Waals surface area contributed by atoms with Gasteiger partial charge in [-0.05, 0) is 37.8 Å². The lowest BCUT2D eigenvalue weighted by Gasteiger charge is -2.47. The second-order valence-corrected chi connectivity index (χ2v) is 5.99. The van der Waals surface area contributed by atoms with E-state index in [9.17, 15) is 0 Å². The standard InChI is InChI=1S/C16H25NO2/c1-12-11-16(2,3)17(8-9-18-4)15-10-13(19-5)6-7-14(12)15/h6-7,10,12H,8-9,11H2,1-5H3. The molecule has 1 aliphatic heterocycles. The van der Waals surface area contributed by atoms with Gasteiger partial charge in [-0.1, -0.05) is 13.0 Å². The predicted octanol–water partition coefficient (Wildman–Crippen LogP) is 3.43. The Labute approximate surface area is 116 Å². The molecule has 0 radical (unpaired) electrons. The van der Waals surface area contributed by atoms with Crippen molar-refractivity contribution < 1.29 is 9.47 Å². The number of rotatable bonds is 4. The smallest absolute Gasteiger partial charge is 0.120 e. The lowest BCUT2D eigenvalue weighted by atomic mass is 9.80. The third-order valence-corrected chi connectivity index (χ3v) is 4.11. The number of nitrogens with zero attached hydrogens (tertiary/aromatic N) is 1. The molecule has 106 valence electrons. The van der Waals surface area contributed by atoms with E-state index in [0.29, 0.717) is 5.92 Å². The van der Waals surface area contributed by atoms with E-state index in [1.165, 1.54) is 11.3 Å². The van der Waals surface area contributed by atoms with Crippen LogP contribution in [0, 0.1) is 0 Å². The Morgan fingerprint density at radius 1 is 1.32 bits per heavy atom. The Morgan fingerprint density at radius 2 is 2.05 bits per heavy atom. The van der Waals surface area contributed by atoms with Crippen LogP contribution >= 0.6 is 0 Å². The van der Waals surface area contributed by atoms with Crippen LogP contribution in [0.25, 0.3) is 0 Å². The molecular weight excluding hydrogens is 238 g/mol. The van der Waals surface area contributed by atoms with Crippen LogP contribution in [-0.4, -0.2) is 32.9 Å². The molecule has 0 amide bonds. The molecule has 1 aromatic rings. The van der Waals surface area contributed by atoms with E-state index in [0.717, 1.165) is 25.3 Å². The van der Waals surface area contributed by atoms with Crippen molar-refractivity contribution >= 4 is 5.69 Å². The zero-order valence-electron chi connectivity index (χ0n) is 12.7. The summed E-state index contributed by atoms with van der Waals surface area (Å²) in [5, 5.41) is 0. The van der Waals surface area contributed by atoms with Crippen LogP contribution in [-0.2, 0) is 4.74 Å². The van der Waals surface area contributed by atoms with Gasteiger partial charge >= 0.3 is 0 Å². The summed E-state index contributed by atoms with van der Waals surface area (Å²) in [5.74, 6) is 1.50. The molecule has 0 saturated carbocycles. The summed E-state index contributed by atoms with van der Waals surface area (Å²) in [6.45, 7) is 8.58. The predicted molar refractivity (Wildman–Crippen MR) is 79.3 cm³/mol. The first-order valence-electron chi connectivity index (χ1n) is 6.94. The summed E-state index contributed by atoms with van der Waals surface area (Å²) in [4.78, 5) is 2.45. The maximum atomic E-state index is 5.38. The Kier molecular flexibility index (Phi) is 4.04. The number of methoxy groups -OCH3 is 2. The molecule has 3 heteroatoms. The Hall–Kier alpha value is -1.22. The molecule has 0 N–H and O–H groups in total. The Bertz CT molecular complexity index is 442. The normalized spacial score (nSPS) is 21.1. The van der Waals surface area contributed by atoms with Gasteiger partial charge in [-0.2, -0.15) is 0 Å². The first-order chi connectivity index (χ1) is 8.99. The second kappa shape index (κ2) is 5.41. The van der Waals surface area contributed by atoms with E-state index >= 15 is 0 Å². The van der Waals surface area contributed by atoms with Crippen LogP contribution in [0.4, 0.5) is 5.69 Å². The highest BCUT2D eigenvalue weighted by Crippen LogP contribution is 2.44. The van der Waals surface area contributed by atoms with Gasteiger partial charge in [-0.15, -0.1) is 0 Å². The Balaban J connectivity index is 2.43. The fraction of sp³-hybridized carbons (Fsp3) is 0.625. The molecule has 3 nitrogen and oxygen atoms in total. The highest BCUT2D eigenvalue weighted by Gasteiger charge is 2.36. The van der Waals surface area contributed by atoms with Crippen molar-refractivity contribution in [3.63, 3.8) is 0 Å². The SMILES string of the molecule is COCCN1c2cc(OC)ccc2C(C)CC1(C)C. The minimum Gasteiger partial charge on any atom is -0.497 e. The van der Waals surface area contributed by atoms with Gasteiger partial charge in [0.1, 0.15) is 5.75 Å². The van der Waals surface area contributed by atoms with Gasteiger partial charge in [0.25, 0.3) is 0 Å². The molecule has 0 fully saturated rings. The summed E-state index contributed by atoms with van der Waals surface area (Å²) >= 11 is 0. The van der Waals surface area contributed by atoms with E-state index in [-0.39, 0.29) is 5.54 Å². The van der Waals surface area contributed by atoms with E-state index < -0.39 is 0 Å². The van der Waals surface area contributed by atoms with Crippen LogP contribution in [0.5, 0.6) is 5.75 Å². The van der Waals surface area contributed by atoms with Crippen LogP contribution in [0.1, 0.15) is 38.7 Å². The van der Waals surface area contributed by atoms with E-state index in [4.69, 9.17) is 9.47 Å². The van der Waals surface area contributed by atoms with Crippen LogP contribution in [0.3, 0.4) is 0 Å². The van der Waals surface area contributed by atoms with Crippen LogP contribution < -0.4 is 9.64 Å². The maximum absolute atomic E-state index is 5.38. The minimum atomic E-state index is 0.150. The average Bonchev–Trinajstić information content (AvgIpc) is 2.37. The number of benzene rings is 1. The van der Waals surface area contributed by atoms with E-state index in [1.54, 1.807) is 14.2 Å². The van der Waals surface area contributed by atoms with Gasteiger partial charge in [0, 0.05) is 30.9 Å². The van der Waals surface area contributed by atoms with E-state index in [1.807, 2.05) is 0 Å². The minimum absolute atomic E-state index is 0.150. The third kappa shape index (κ3) is 2.71. The lowest BCUT2D eigenvalue weighted by Crippen LogP contribution is -2.49. The van der Waals surface area contributed by atoms with Crippen LogP contribution in [0.2, 0.25) is 0 Å². The topological polar surface area (TPSA) is 21.7 Å². The number of fused-ring (bicyclic) bond motifs is 1. The number of ether oxygens (including phenoxy) is 2. The molecule has 1 aromatic carbocycles. The van der Waals surface area contributed by atoms with E-state index in [2.05, 4.69) is 43.9 Å². The molecule has 0 saturated heterocycles. The highest BCUT2D eigenvalue weighted by molar-refractivity contribution is 5.62. The molecule has 2 rings (SSSR count). The fourth-order valence-electron chi connectivity index (χ4n) is 3.20. The quantitative estimate of drug-likeness (QED) is 0.830. The molecule has 1 unspecified atom stereocenters. The van der Waals surface area contributed by atoms with Gasteiger partial charge in [-0.25, -0.2) is 0 Å². The van der Waals surface area contributed by atoms with Gasteiger partial charge in [-0.3, -0.25) is 0 Å². The summed E-state index contributed by atoms with van der Waals surface area (Å²) < 4.78 is 10.6. The summed E-state index contributed by atoms with van der Waals surface area (Å²) in [6.07, 6.45) is 1.16. The molecule has 0 spiro atoms. The van der Waals surface area contributed by atoms with Gasteiger partial charge in [0.15, 0.2) is 0 Å². The third-order valence-electron chi connectivity index (χ3n) is 4.11. The number of anilines is 1. The molecule has 1 heterocycles. The van der Waals surface area contributed by atoms with Gasteiger partial charge in [0.05, 0.1) is 13.7 Å². The van der Waals surface area contributed by atoms with Crippen molar-refractivity contribution in [3.05, 3.63) is 23.8 Å². The molecule has 0 bridgehead atoms. The first kappa shape index (κ1) is 14.2. The molecular formula is C16H25NO2. The fourth-order valence-corrected chi connectivity index (χ4v) is 3.20. The summed E-state index contributed by atoms with van der Waals surface area (Å²) in [5.41, 5.74) is 2.86. The average molecular weight is 263 g/mol. The maximum Gasteiger partial charge on any atom is 0.120 e. The lowest BCUT2D eigenvalue weighted by molar-refractivity contribution is 0.196. The monoisotopic (exact) mass is 263 g/mol. The second-order valence-electron chi connectivity index (χ2n) is 5.99. The van der Waals surface area contributed by atoms with Gasteiger partial charge in [0.2, 0.25) is 0 Å². The molecule has 19 heavy (non-hydrogen) atoms. The van der Waals surface area contributed by atoms with Crippen LogP contribution in [0.15, 0.2) is 18.2 Å². The summed E-state index contributed by atoms with van der Waals surface area (Å²) in [6, 6.07) is 6.42. The largest absolute Gasteiger partial charge is 0.497 e. The first-order valence-corrected chi connectivity index (χ1v) is 6.94. The number of hydrogen-bond donors (Lipinski definition) is 0. The molecule has 0 aliphatic carbocycles. The molecule has 1 atom stereocenters.